The van der Waals surface area contributed by atoms with Gasteiger partial charge in [-0.25, -0.2) is 0 Å². The Bertz CT molecular complexity index is 698. The van der Waals surface area contributed by atoms with Gasteiger partial charge in [-0.1, -0.05) is 17.3 Å². The maximum Gasteiger partial charge on any atom is 0.244 e. The third-order valence-electron chi connectivity index (χ3n) is 4.27. The smallest absolute Gasteiger partial charge is 0.244 e. The molecule has 0 bridgehead atoms. The van der Waals surface area contributed by atoms with Crippen LogP contribution in [0.4, 0.5) is 0 Å². The van der Waals surface area contributed by atoms with Gasteiger partial charge in [0.1, 0.15) is 5.75 Å². The van der Waals surface area contributed by atoms with Crippen molar-refractivity contribution in [2.24, 2.45) is 0 Å². The predicted molar refractivity (Wildman–Crippen MR) is 87.7 cm³/mol. The summed E-state index contributed by atoms with van der Waals surface area (Å²) < 4.78 is 10.4. The molecule has 0 spiro atoms. The van der Waals surface area contributed by atoms with Crippen molar-refractivity contribution in [1.82, 2.24) is 20.4 Å². The molecular weight excluding hydrogens is 308 g/mol. The summed E-state index contributed by atoms with van der Waals surface area (Å²) in [5.74, 6) is 2.04. The molecule has 1 saturated heterocycles. The second-order valence-electron chi connectivity index (χ2n) is 6.16. The summed E-state index contributed by atoms with van der Waals surface area (Å²) in [4.78, 5) is 18.7. The highest BCUT2D eigenvalue weighted by Gasteiger charge is 2.34. The van der Waals surface area contributed by atoms with Crippen LogP contribution in [0.15, 0.2) is 28.8 Å². The first kappa shape index (κ1) is 16.4. The first-order chi connectivity index (χ1) is 11.5. The van der Waals surface area contributed by atoms with Crippen LogP contribution in [0.2, 0.25) is 0 Å². The lowest BCUT2D eigenvalue weighted by Crippen LogP contribution is -2.37. The normalized spacial score (nSPS) is 21.0. The Kier molecular flexibility index (Phi) is 4.80. The molecular formula is C17H22N4O3. The highest BCUT2D eigenvalue weighted by atomic mass is 16.5. The van der Waals surface area contributed by atoms with Crippen LogP contribution < -0.4 is 10.1 Å². The van der Waals surface area contributed by atoms with Gasteiger partial charge in [0.15, 0.2) is 5.82 Å². The van der Waals surface area contributed by atoms with Gasteiger partial charge in [-0.05, 0) is 38.1 Å². The minimum absolute atomic E-state index is 0.0147. The molecule has 2 aromatic rings. The van der Waals surface area contributed by atoms with Gasteiger partial charge in [0.25, 0.3) is 0 Å². The molecule has 1 amide bonds. The number of aromatic nitrogens is 2. The van der Waals surface area contributed by atoms with Crippen molar-refractivity contribution < 1.29 is 14.1 Å². The Hall–Kier alpha value is -2.41. The summed E-state index contributed by atoms with van der Waals surface area (Å²) in [6.07, 6.45) is 1.13. The number of rotatable bonds is 5. The SMILES string of the molecule is COc1ccc(CC(=O)NC2CC(c3nc(C)no3)N(C)C2)cc1. The number of likely N-dealkylation sites (tertiary alicyclic amines) is 1. The third-order valence-corrected chi connectivity index (χ3v) is 4.27. The number of hydrogen-bond donors (Lipinski definition) is 1. The van der Waals surface area contributed by atoms with E-state index in [0.29, 0.717) is 18.1 Å². The summed E-state index contributed by atoms with van der Waals surface area (Å²) in [5, 5.41) is 6.93. The van der Waals surface area contributed by atoms with Crippen LogP contribution in [0, 0.1) is 6.92 Å². The van der Waals surface area contributed by atoms with Gasteiger partial charge in [-0.3, -0.25) is 9.69 Å². The van der Waals surface area contributed by atoms with Gasteiger partial charge < -0.3 is 14.6 Å². The molecule has 1 fully saturated rings. The summed E-state index contributed by atoms with van der Waals surface area (Å²) in [6, 6.07) is 7.67. The minimum Gasteiger partial charge on any atom is -0.497 e. The first-order valence-electron chi connectivity index (χ1n) is 7.98. The lowest BCUT2D eigenvalue weighted by molar-refractivity contribution is -0.121. The number of hydrogen-bond acceptors (Lipinski definition) is 6. The molecule has 24 heavy (non-hydrogen) atoms. The highest BCUT2D eigenvalue weighted by molar-refractivity contribution is 5.79. The van der Waals surface area contributed by atoms with E-state index in [2.05, 4.69) is 20.4 Å². The number of aryl methyl sites for hydroxylation is 1. The predicted octanol–water partition coefficient (Wildman–Crippen LogP) is 1.49. The van der Waals surface area contributed by atoms with Gasteiger partial charge in [-0.15, -0.1) is 0 Å². The van der Waals surface area contributed by atoms with Gasteiger partial charge in [0.2, 0.25) is 11.8 Å². The van der Waals surface area contributed by atoms with E-state index >= 15 is 0 Å². The van der Waals surface area contributed by atoms with Crippen LogP contribution in [0.3, 0.4) is 0 Å². The lowest BCUT2D eigenvalue weighted by atomic mass is 10.1. The zero-order valence-electron chi connectivity index (χ0n) is 14.2. The molecule has 2 atom stereocenters. The van der Waals surface area contributed by atoms with Crippen LogP contribution in [0.25, 0.3) is 0 Å². The van der Waals surface area contributed by atoms with Crippen molar-refractivity contribution >= 4 is 5.91 Å². The van der Waals surface area contributed by atoms with Crippen molar-refractivity contribution in [1.29, 1.82) is 0 Å². The molecule has 0 radical (unpaired) electrons. The number of benzene rings is 1. The van der Waals surface area contributed by atoms with Crippen LogP contribution >= 0.6 is 0 Å². The van der Waals surface area contributed by atoms with Gasteiger partial charge in [0.05, 0.1) is 19.6 Å². The summed E-state index contributed by atoms with van der Waals surface area (Å²) in [6.45, 7) is 2.57. The number of nitrogens with one attached hydrogen (secondary N) is 1. The maximum absolute atomic E-state index is 12.3. The second-order valence-corrected chi connectivity index (χ2v) is 6.16. The largest absolute Gasteiger partial charge is 0.497 e. The summed E-state index contributed by atoms with van der Waals surface area (Å²) >= 11 is 0. The highest BCUT2D eigenvalue weighted by Crippen LogP contribution is 2.29. The molecule has 7 nitrogen and oxygen atoms in total. The average molecular weight is 330 g/mol. The molecule has 3 rings (SSSR count). The Balaban J connectivity index is 1.55. The Morgan fingerprint density at radius 1 is 1.42 bits per heavy atom. The van der Waals surface area contributed by atoms with E-state index in [1.807, 2.05) is 31.3 Å². The zero-order valence-corrected chi connectivity index (χ0v) is 14.2. The van der Waals surface area contributed by atoms with Crippen LogP contribution in [0.1, 0.15) is 29.7 Å². The van der Waals surface area contributed by atoms with Crippen molar-refractivity contribution in [3.8, 4) is 5.75 Å². The second kappa shape index (κ2) is 7.00. The molecule has 1 N–H and O–H groups in total. The lowest BCUT2D eigenvalue weighted by Gasteiger charge is -2.14. The fourth-order valence-electron chi connectivity index (χ4n) is 3.05. The standard InChI is InChI=1S/C17H22N4O3/c1-11-18-17(24-20-11)15-9-13(10-21(15)2)19-16(22)8-12-4-6-14(23-3)7-5-12/h4-7,13,15H,8-10H2,1-3H3,(H,19,22). The number of likely N-dealkylation sites (N-methyl/N-ethyl adjacent to an activating group) is 1. The number of carbonyl (C=O) groups is 1. The van der Waals surface area contributed by atoms with E-state index < -0.39 is 0 Å². The Labute approximate surface area is 141 Å². The van der Waals surface area contributed by atoms with Gasteiger partial charge in [-0.2, -0.15) is 4.98 Å². The number of amides is 1. The van der Waals surface area contributed by atoms with Crippen LogP contribution in [-0.4, -0.2) is 47.7 Å². The third kappa shape index (κ3) is 3.73. The number of carbonyl (C=O) groups excluding carboxylic acids is 1. The quantitative estimate of drug-likeness (QED) is 0.895. The maximum atomic E-state index is 12.3. The Morgan fingerprint density at radius 3 is 2.79 bits per heavy atom. The molecule has 7 heteroatoms. The monoisotopic (exact) mass is 330 g/mol. The number of ether oxygens (including phenoxy) is 1. The fourth-order valence-corrected chi connectivity index (χ4v) is 3.05. The van der Waals surface area contributed by atoms with Gasteiger partial charge in [0, 0.05) is 12.6 Å². The van der Waals surface area contributed by atoms with Crippen molar-refractivity contribution in [2.45, 2.75) is 31.8 Å². The average Bonchev–Trinajstić information content (AvgIpc) is 3.13. The zero-order chi connectivity index (χ0) is 17.1. The van der Waals surface area contributed by atoms with Crippen LogP contribution in [-0.2, 0) is 11.2 Å². The molecule has 128 valence electrons. The molecule has 1 aromatic heterocycles. The molecule has 0 saturated carbocycles. The molecule has 1 aliphatic heterocycles. The number of methoxy groups -OCH3 is 1. The van der Waals surface area contributed by atoms with Crippen molar-refractivity contribution in [2.75, 3.05) is 20.7 Å². The van der Waals surface area contributed by atoms with E-state index in [9.17, 15) is 4.79 Å². The van der Waals surface area contributed by atoms with Crippen LogP contribution in [0.5, 0.6) is 5.75 Å². The molecule has 1 aromatic carbocycles. The molecule has 0 aliphatic carbocycles. The van der Waals surface area contributed by atoms with Crippen molar-refractivity contribution in [3.63, 3.8) is 0 Å². The summed E-state index contributed by atoms with van der Waals surface area (Å²) in [7, 11) is 3.62. The summed E-state index contributed by atoms with van der Waals surface area (Å²) in [5.41, 5.74) is 0.962. The topological polar surface area (TPSA) is 80.5 Å². The molecule has 2 heterocycles. The molecule has 2 unspecified atom stereocenters. The van der Waals surface area contributed by atoms with Gasteiger partial charge >= 0.3 is 0 Å². The Morgan fingerprint density at radius 2 is 2.17 bits per heavy atom. The number of nitrogens with zero attached hydrogens (tertiary/aromatic N) is 3. The first-order valence-corrected chi connectivity index (χ1v) is 7.98. The fraction of sp³-hybridized carbons (Fsp3) is 0.471. The van der Waals surface area contributed by atoms with E-state index in [1.54, 1.807) is 14.0 Å². The van der Waals surface area contributed by atoms with E-state index in [4.69, 9.17) is 9.26 Å². The van der Waals surface area contributed by atoms with E-state index in [-0.39, 0.29) is 18.0 Å². The van der Waals surface area contributed by atoms with Crippen molar-refractivity contribution in [3.05, 3.63) is 41.5 Å². The molecule has 1 aliphatic rings. The van der Waals surface area contributed by atoms with E-state index in [0.717, 1.165) is 24.3 Å². The van der Waals surface area contributed by atoms with E-state index in [1.165, 1.54) is 0 Å². The minimum atomic E-state index is 0.0147.